The first-order valence-corrected chi connectivity index (χ1v) is 3.64. The van der Waals surface area contributed by atoms with Gasteiger partial charge in [-0.1, -0.05) is 0 Å². The monoisotopic (exact) mass is 195 g/mol. The van der Waals surface area contributed by atoms with Gasteiger partial charge in [0.25, 0.3) is 0 Å². The third-order valence-electron chi connectivity index (χ3n) is 1.53. The predicted octanol–water partition coefficient (Wildman–Crippen LogP) is 1.58. The molecule has 1 aromatic carbocycles. The summed E-state index contributed by atoms with van der Waals surface area (Å²) < 4.78 is 17.1. The standard InChI is InChI=1S/C9H6FNO3/c1-14-9(13)7-3-2-6(10)4-8(7)11-5-12/h2-4H,1H3. The van der Waals surface area contributed by atoms with E-state index in [0.29, 0.717) is 0 Å². The molecule has 0 aliphatic rings. The third-order valence-corrected chi connectivity index (χ3v) is 1.53. The molecule has 72 valence electrons. The number of hydrogen-bond donors (Lipinski definition) is 0. The first kappa shape index (κ1) is 10.1. The van der Waals surface area contributed by atoms with Gasteiger partial charge in [0.15, 0.2) is 0 Å². The number of benzene rings is 1. The molecule has 0 aromatic heterocycles. The van der Waals surface area contributed by atoms with Gasteiger partial charge in [0, 0.05) is 6.07 Å². The molecule has 0 spiro atoms. The summed E-state index contributed by atoms with van der Waals surface area (Å²) in [5.41, 5.74) is -0.0656. The zero-order valence-corrected chi connectivity index (χ0v) is 7.28. The number of ether oxygens (including phenoxy) is 1. The normalized spacial score (nSPS) is 9.00. The number of rotatable bonds is 2. The average Bonchev–Trinajstić information content (AvgIpc) is 2.17. The number of methoxy groups -OCH3 is 1. The van der Waals surface area contributed by atoms with E-state index in [0.717, 1.165) is 12.1 Å². The van der Waals surface area contributed by atoms with Gasteiger partial charge in [0.2, 0.25) is 6.08 Å². The lowest BCUT2D eigenvalue weighted by Crippen LogP contribution is -2.01. The van der Waals surface area contributed by atoms with E-state index < -0.39 is 11.8 Å². The van der Waals surface area contributed by atoms with Gasteiger partial charge in [0.05, 0.1) is 18.4 Å². The molecule has 0 aliphatic heterocycles. The molecule has 0 saturated heterocycles. The Balaban J connectivity index is 3.28. The molecule has 1 rings (SSSR count). The van der Waals surface area contributed by atoms with Gasteiger partial charge >= 0.3 is 5.97 Å². The molecule has 0 aliphatic carbocycles. The number of halogens is 1. The number of carbonyl (C=O) groups excluding carboxylic acids is 2. The minimum Gasteiger partial charge on any atom is -0.465 e. The van der Waals surface area contributed by atoms with E-state index in [1.807, 2.05) is 0 Å². The summed E-state index contributed by atoms with van der Waals surface area (Å²) in [6, 6.07) is 3.23. The Hall–Kier alpha value is -2.00. The minimum absolute atomic E-state index is 0.0252. The number of carbonyl (C=O) groups is 1. The first-order chi connectivity index (χ1) is 6.69. The zero-order valence-electron chi connectivity index (χ0n) is 7.28. The second-order valence-corrected chi connectivity index (χ2v) is 2.36. The largest absolute Gasteiger partial charge is 0.465 e. The molecule has 14 heavy (non-hydrogen) atoms. The van der Waals surface area contributed by atoms with E-state index in [1.165, 1.54) is 19.3 Å². The smallest absolute Gasteiger partial charge is 0.340 e. The van der Waals surface area contributed by atoms with Crippen LogP contribution >= 0.6 is 0 Å². The highest BCUT2D eigenvalue weighted by atomic mass is 19.1. The SMILES string of the molecule is COC(=O)c1ccc(F)cc1N=C=O. The maximum absolute atomic E-state index is 12.7. The highest BCUT2D eigenvalue weighted by Gasteiger charge is 2.11. The van der Waals surface area contributed by atoms with Gasteiger partial charge in [0.1, 0.15) is 5.82 Å². The highest BCUT2D eigenvalue weighted by Crippen LogP contribution is 2.20. The van der Waals surface area contributed by atoms with Crippen molar-refractivity contribution in [2.75, 3.05) is 7.11 Å². The Morgan fingerprint density at radius 1 is 1.57 bits per heavy atom. The Kier molecular flexibility index (Phi) is 3.09. The molecule has 5 heteroatoms. The summed E-state index contributed by atoms with van der Waals surface area (Å²) in [6.45, 7) is 0. The Bertz CT molecular complexity index is 411. The number of nitrogens with zero attached hydrogens (tertiary/aromatic N) is 1. The van der Waals surface area contributed by atoms with Crippen LogP contribution in [0.2, 0.25) is 0 Å². The van der Waals surface area contributed by atoms with Gasteiger partial charge in [-0.15, -0.1) is 0 Å². The maximum Gasteiger partial charge on any atom is 0.340 e. The third kappa shape index (κ3) is 2.02. The predicted molar refractivity (Wildman–Crippen MR) is 45.5 cm³/mol. The number of aliphatic imine (C=N–C) groups is 1. The van der Waals surface area contributed by atoms with Gasteiger partial charge in [-0.05, 0) is 12.1 Å². The lowest BCUT2D eigenvalue weighted by atomic mass is 10.2. The molecule has 0 N–H and O–H groups in total. The van der Waals surface area contributed by atoms with Crippen LogP contribution in [-0.4, -0.2) is 19.2 Å². The van der Waals surface area contributed by atoms with Crippen LogP contribution in [0.3, 0.4) is 0 Å². The van der Waals surface area contributed by atoms with Crippen molar-refractivity contribution < 1.29 is 18.7 Å². The Morgan fingerprint density at radius 2 is 2.29 bits per heavy atom. The zero-order chi connectivity index (χ0) is 10.6. The van der Waals surface area contributed by atoms with Crippen LogP contribution in [0.4, 0.5) is 10.1 Å². The molecule has 0 bridgehead atoms. The molecular weight excluding hydrogens is 189 g/mol. The Morgan fingerprint density at radius 3 is 2.86 bits per heavy atom. The molecule has 1 aromatic rings. The van der Waals surface area contributed by atoms with E-state index in [9.17, 15) is 14.0 Å². The summed E-state index contributed by atoms with van der Waals surface area (Å²) in [5, 5.41) is 0. The average molecular weight is 195 g/mol. The number of hydrogen-bond acceptors (Lipinski definition) is 4. The molecule has 0 fully saturated rings. The van der Waals surface area contributed by atoms with Crippen LogP contribution in [0.25, 0.3) is 0 Å². The fraction of sp³-hybridized carbons (Fsp3) is 0.111. The molecule has 0 heterocycles. The number of esters is 1. The topological polar surface area (TPSA) is 55.7 Å². The van der Waals surface area contributed by atoms with Crippen molar-refractivity contribution in [1.29, 1.82) is 0 Å². The first-order valence-electron chi connectivity index (χ1n) is 3.64. The van der Waals surface area contributed by atoms with Crippen molar-refractivity contribution in [2.45, 2.75) is 0 Å². The van der Waals surface area contributed by atoms with Crippen molar-refractivity contribution in [1.82, 2.24) is 0 Å². The second kappa shape index (κ2) is 4.30. The molecule has 0 saturated carbocycles. The Labute approximate surface area is 79.0 Å². The summed E-state index contributed by atoms with van der Waals surface area (Å²) in [4.78, 5) is 24.3. The lowest BCUT2D eigenvalue weighted by Gasteiger charge is -2.01. The van der Waals surface area contributed by atoms with Crippen molar-refractivity contribution in [3.63, 3.8) is 0 Å². The van der Waals surface area contributed by atoms with Crippen LogP contribution in [0.1, 0.15) is 10.4 Å². The molecular formula is C9H6FNO3. The van der Waals surface area contributed by atoms with Crippen molar-refractivity contribution in [3.05, 3.63) is 29.6 Å². The van der Waals surface area contributed by atoms with Gasteiger partial charge in [-0.25, -0.2) is 14.0 Å². The lowest BCUT2D eigenvalue weighted by molar-refractivity contribution is 0.0601. The van der Waals surface area contributed by atoms with E-state index in [4.69, 9.17) is 0 Å². The van der Waals surface area contributed by atoms with Crippen molar-refractivity contribution >= 4 is 17.7 Å². The molecule has 0 radical (unpaired) electrons. The van der Waals surface area contributed by atoms with Gasteiger partial charge in [-0.2, -0.15) is 4.99 Å². The highest BCUT2D eigenvalue weighted by molar-refractivity contribution is 5.95. The molecule has 0 amide bonds. The van der Waals surface area contributed by atoms with E-state index >= 15 is 0 Å². The van der Waals surface area contributed by atoms with E-state index in [-0.39, 0.29) is 11.3 Å². The quantitative estimate of drug-likeness (QED) is 0.409. The van der Waals surface area contributed by atoms with Gasteiger partial charge < -0.3 is 4.74 Å². The van der Waals surface area contributed by atoms with Crippen LogP contribution in [0.5, 0.6) is 0 Å². The van der Waals surface area contributed by atoms with Gasteiger partial charge in [-0.3, -0.25) is 0 Å². The second-order valence-electron chi connectivity index (χ2n) is 2.36. The fourth-order valence-corrected chi connectivity index (χ4v) is 0.929. The maximum atomic E-state index is 12.7. The fourth-order valence-electron chi connectivity index (χ4n) is 0.929. The molecule has 0 atom stereocenters. The molecule has 0 unspecified atom stereocenters. The van der Waals surface area contributed by atoms with Crippen molar-refractivity contribution in [3.8, 4) is 0 Å². The minimum atomic E-state index is -0.681. The van der Waals surface area contributed by atoms with Crippen LogP contribution < -0.4 is 0 Å². The van der Waals surface area contributed by atoms with Crippen LogP contribution in [-0.2, 0) is 9.53 Å². The van der Waals surface area contributed by atoms with Crippen LogP contribution in [0.15, 0.2) is 23.2 Å². The molecule has 4 nitrogen and oxygen atoms in total. The van der Waals surface area contributed by atoms with Crippen LogP contribution in [0, 0.1) is 5.82 Å². The summed E-state index contributed by atoms with van der Waals surface area (Å²) in [6.07, 6.45) is 1.23. The summed E-state index contributed by atoms with van der Waals surface area (Å²) in [5.74, 6) is -1.27. The van der Waals surface area contributed by atoms with Crippen molar-refractivity contribution in [2.24, 2.45) is 4.99 Å². The van der Waals surface area contributed by atoms with E-state index in [2.05, 4.69) is 9.73 Å². The summed E-state index contributed by atoms with van der Waals surface area (Å²) >= 11 is 0. The summed E-state index contributed by atoms with van der Waals surface area (Å²) in [7, 11) is 1.18. The van der Waals surface area contributed by atoms with E-state index in [1.54, 1.807) is 0 Å². The number of isocyanates is 1.